The molecule has 1 aromatic rings. The Kier molecular flexibility index (Phi) is 2.96. The van der Waals surface area contributed by atoms with Gasteiger partial charge in [0.1, 0.15) is 12.3 Å². The van der Waals surface area contributed by atoms with Crippen molar-refractivity contribution in [3.63, 3.8) is 0 Å². The van der Waals surface area contributed by atoms with Gasteiger partial charge in [-0.1, -0.05) is 0 Å². The summed E-state index contributed by atoms with van der Waals surface area (Å²) in [6.07, 6.45) is 0.153. The SMILES string of the molecule is O=c1ccnc(O[C@H]2CNCC[C@@H]2F)[nH]1. The molecule has 0 spiro atoms. The highest BCUT2D eigenvalue weighted by atomic mass is 19.1. The number of rotatable bonds is 2. The van der Waals surface area contributed by atoms with E-state index in [9.17, 15) is 9.18 Å². The molecule has 1 aliphatic rings. The van der Waals surface area contributed by atoms with Gasteiger partial charge in [0.15, 0.2) is 0 Å². The summed E-state index contributed by atoms with van der Waals surface area (Å²) < 4.78 is 18.6. The van der Waals surface area contributed by atoms with Crippen molar-refractivity contribution in [1.29, 1.82) is 0 Å². The molecule has 0 unspecified atom stereocenters. The number of piperidine rings is 1. The fourth-order valence-corrected chi connectivity index (χ4v) is 1.47. The topological polar surface area (TPSA) is 67.0 Å². The first-order valence-electron chi connectivity index (χ1n) is 4.82. The first kappa shape index (κ1) is 10.1. The van der Waals surface area contributed by atoms with Crippen LogP contribution in [0.25, 0.3) is 0 Å². The Morgan fingerprint density at radius 2 is 2.47 bits per heavy atom. The zero-order valence-electron chi connectivity index (χ0n) is 8.07. The molecule has 0 bridgehead atoms. The fraction of sp³-hybridized carbons (Fsp3) is 0.556. The molecule has 0 saturated carbocycles. The van der Waals surface area contributed by atoms with Crippen LogP contribution in [0, 0.1) is 0 Å². The number of hydrogen-bond acceptors (Lipinski definition) is 4. The number of hydrogen-bond donors (Lipinski definition) is 2. The van der Waals surface area contributed by atoms with Crippen LogP contribution < -0.4 is 15.6 Å². The molecule has 0 aliphatic carbocycles. The average Bonchev–Trinajstić information content (AvgIpc) is 2.22. The van der Waals surface area contributed by atoms with Crippen molar-refractivity contribution in [2.24, 2.45) is 0 Å². The summed E-state index contributed by atoms with van der Waals surface area (Å²) in [4.78, 5) is 17.1. The predicted octanol–water partition coefficient (Wildman–Crippen LogP) is -0.151. The van der Waals surface area contributed by atoms with Gasteiger partial charge in [-0.15, -0.1) is 0 Å². The molecule has 0 aromatic carbocycles. The number of ether oxygens (including phenoxy) is 1. The molecule has 2 N–H and O–H groups in total. The van der Waals surface area contributed by atoms with Crippen molar-refractivity contribution in [1.82, 2.24) is 15.3 Å². The molecule has 6 heteroatoms. The lowest BCUT2D eigenvalue weighted by molar-refractivity contribution is 0.0664. The van der Waals surface area contributed by atoms with Crippen LogP contribution in [0.5, 0.6) is 6.01 Å². The van der Waals surface area contributed by atoms with Crippen molar-refractivity contribution >= 4 is 0 Å². The van der Waals surface area contributed by atoms with E-state index in [1.165, 1.54) is 12.3 Å². The molecule has 0 amide bonds. The summed E-state index contributed by atoms with van der Waals surface area (Å²) >= 11 is 0. The molecule has 2 rings (SSSR count). The van der Waals surface area contributed by atoms with Crippen LogP contribution in [0.4, 0.5) is 4.39 Å². The zero-order valence-corrected chi connectivity index (χ0v) is 8.07. The first-order chi connectivity index (χ1) is 7.25. The average molecular weight is 213 g/mol. The summed E-state index contributed by atoms with van der Waals surface area (Å²) in [7, 11) is 0. The molecule has 5 nitrogen and oxygen atoms in total. The fourth-order valence-electron chi connectivity index (χ4n) is 1.47. The maximum Gasteiger partial charge on any atom is 0.296 e. The molecular formula is C9H12FN3O2. The summed E-state index contributed by atoms with van der Waals surface area (Å²) in [5.74, 6) is 0. The summed E-state index contributed by atoms with van der Waals surface area (Å²) in [5.41, 5.74) is -0.306. The Balaban J connectivity index is 2.04. The maximum absolute atomic E-state index is 13.3. The standard InChI is InChI=1S/C9H12FN3O2/c10-6-1-3-11-5-7(6)15-9-12-4-2-8(14)13-9/h2,4,6-7,11H,1,3,5H2,(H,12,13,14)/t6-,7-/m0/s1. The smallest absolute Gasteiger partial charge is 0.296 e. The van der Waals surface area contributed by atoms with Gasteiger partial charge in [0.2, 0.25) is 0 Å². The van der Waals surface area contributed by atoms with Crippen molar-refractivity contribution in [3.8, 4) is 6.01 Å². The summed E-state index contributed by atoms with van der Waals surface area (Å²) in [5, 5.41) is 3.02. The number of H-pyrrole nitrogens is 1. The highest BCUT2D eigenvalue weighted by Gasteiger charge is 2.26. The Hall–Kier alpha value is -1.43. The van der Waals surface area contributed by atoms with Crippen LogP contribution >= 0.6 is 0 Å². The number of nitrogens with zero attached hydrogens (tertiary/aromatic N) is 1. The molecule has 0 radical (unpaired) electrons. The van der Waals surface area contributed by atoms with E-state index in [-0.39, 0.29) is 11.6 Å². The number of nitrogens with one attached hydrogen (secondary N) is 2. The van der Waals surface area contributed by atoms with E-state index in [0.717, 1.165) is 0 Å². The van der Waals surface area contributed by atoms with Crippen LogP contribution in [0.15, 0.2) is 17.1 Å². The molecule has 1 fully saturated rings. The molecule has 2 heterocycles. The minimum Gasteiger partial charge on any atom is -0.457 e. The van der Waals surface area contributed by atoms with E-state index in [2.05, 4.69) is 15.3 Å². The number of alkyl halides is 1. The van der Waals surface area contributed by atoms with Gasteiger partial charge in [-0.3, -0.25) is 9.78 Å². The van der Waals surface area contributed by atoms with Gasteiger partial charge >= 0.3 is 0 Å². The first-order valence-corrected chi connectivity index (χ1v) is 4.82. The minimum atomic E-state index is -1.02. The lowest BCUT2D eigenvalue weighted by Gasteiger charge is -2.26. The lowest BCUT2D eigenvalue weighted by atomic mass is 10.1. The van der Waals surface area contributed by atoms with Crippen molar-refractivity contribution in [2.45, 2.75) is 18.7 Å². The largest absolute Gasteiger partial charge is 0.457 e. The van der Waals surface area contributed by atoms with Crippen LogP contribution in [0.3, 0.4) is 0 Å². The Morgan fingerprint density at radius 3 is 3.20 bits per heavy atom. The van der Waals surface area contributed by atoms with E-state index in [4.69, 9.17) is 4.74 Å². The second-order valence-corrected chi connectivity index (χ2v) is 3.40. The van der Waals surface area contributed by atoms with Gasteiger partial charge in [-0.25, -0.2) is 9.37 Å². The third kappa shape index (κ3) is 2.53. The van der Waals surface area contributed by atoms with Crippen LogP contribution in [0.1, 0.15) is 6.42 Å². The third-order valence-corrected chi connectivity index (χ3v) is 2.26. The Morgan fingerprint density at radius 1 is 1.60 bits per heavy atom. The van der Waals surface area contributed by atoms with Crippen LogP contribution in [-0.2, 0) is 0 Å². The van der Waals surface area contributed by atoms with Gasteiger partial charge < -0.3 is 10.1 Å². The number of halogens is 1. The molecule has 1 aromatic heterocycles. The van der Waals surface area contributed by atoms with E-state index in [1.54, 1.807) is 0 Å². The summed E-state index contributed by atoms with van der Waals surface area (Å²) in [6.45, 7) is 1.08. The monoisotopic (exact) mass is 213 g/mol. The van der Waals surface area contributed by atoms with Gasteiger partial charge in [0, 0.05) is 18.8 Å². The van der Waals surface area contributed by atoms with Gasteiger partial charge in [-0.05, 0) is 13.0 Å². The normalized spacial score (nSPS) is 26.2. The van der Waals surface area contributed by atoms with Crippen molar-refractivity contribution in [2.75, 3.05) is 13.1 Å². The highest BCUT2D eigenvalue weighted by molar-refractivity contribution is 4.96. The van der Waals surface area contributed by atoms with Gasteiger partial charge in [0.05, 0.1) is 0 Å². The van der Waals surface area contributed by atoms with Crippen LogP contribution in [-0.4, -0.2) is 35.3 Å². The Bertz CT molecular complexity index is 382. The molecule has 82 valence electrons. The molecule has 1 saturated heterocycles. The predicted molar refractivity (Wildman–Crippen MR) is 51.7 cm³/mol. The van der Waals surface area contributed by atoms with E-state index < -0.39 is 12.3 Å². The molecule has 1 aliphatic heterocycles. The Labute approximate surface area is 85.7 Å². The van der Waals surface area contributed by atoms with Gasteiger partial charge in [0.25, 0.3) is 11.6 Å². The number of aromatic amines is 1. The second-order valence-electron chi connectivity index (χ2n) is 3.40. The quantitative estimate of drug-likeness (QED) is 0.717. The van der Waals surface area contributed by atoms with Gasteiger partial charge in [-0.2, -0.15) is 0 Å². The van der Waals surface area contributed by atoms with Crippen molar-refractivity contribution in [3.05, 3.63) is 22.6 Å². The van der Waals surface area contributed by atoms with Crippen molar-refractivity contribution < 1.29 is 9.13 Å². The van der Waals surface area contributed by atoms with E-state index in [1.807, 2.05) is 0 Å². The lowest BCUT2D eigenvalue weighted by Crippen LogP contribution is -2.45. The molecular weight excluding hydrogens is 201 g/mol. The summed E-state index contributed by atoms with van der Waals surface area (Å²) in [6, 6.07) is 1.35. The third-order valence-electron chi connectivity index (χ3n) is 2.26. The van der Waals surface area contributed by atoms with Crippen LogP contribution in [0.2, 0.25) is 0 Å². The minimum absolute atomic E-state index is 0.0684. The second kappa shape index (κ2) is 4.39. The number of aromatic nitrogens is 2. The zero-order chi connectivity index (χ0) is 10.7. The maximum atomic E-state index is 13.3. The van der Waals surface area contributed by atoms with E-state index >= 15 is 0 Å². The molecule has 2 atom stereocenters. The highest BCUT2D eigenvalue weighted by Crippen LogP contribution is 2.12. The molecule has 15 heavy (non-hydrogen) atoms. The van der Waals surface area contributed by atoms with E-state index in [0.29, 0.717) is 19.5 Å².